The first kappa shape index (κ1) is 5.48. The Hall–Kier alpha value is -1.66. The lowest BCUT2D eigenvalue weighted by Gasteiger charge is -1.99. The molecule has 0 spiro atoms. The van der Waals surface area contributed by atoms with Gasteiger partial charge in [-0.15, -0.1) is 0 Å². The molecule has 0 amide bonds. The average Bonchev–Trinajstić information content (AvgIpc) is 2.15. The van der Waals surface area contributed by atoms with Crippen molar-refractivity contribution in [3.63, 3.8) is 0 Å². The molecule has 48 valence electrons. The molecule has 1 aromatic rings. The first-order valence-electron chi connectivity index (χ1n) is 2.01. The van der Waals surface area contributed by atoms with E-state index in [2.05, 4.69) is 15.8 Å². The lowest BCUT2D eigenvalue weighted by Crippen LogP contribution is -2.00. The molecule has 9 heavy (non-hydrogen) atoms. The molecule has 0 aliphatic rings. The third kappa shape index (κ3) is 1.37. The summed E-state index contributed by atoms with van der Waals surface area (Å²) in [7, 11) is 0. The Kier molecular flexibility index (Phi) is 1.26. The van der Waals surface area contributed by atoms with E-state index in [1.165, 1.54) is 12.4 Å². The molecule has 0 atom stereocenters. The predicted molar refractivity (Wildman–Crippen MR) is 25.8 cm³/mol. The Balaban J connectivity index is 2.58. The topological polar surface area (TPSA) is 88.0 Å². The summed E-state index contributed by atoms with van der Waals surface area (Å²) in [5.74, 6) is 0. The van der Waals surface area contributed by atoms with Gasteiger partial charge in [-0.05, 0) is 5.03 Å². The summed E-state index contributed by atoms with van der Waals surface area (Å²) in [4.78, 5) is 10.4. The van der Waals surface area contributed by atoms with Crippen molar-refractivity contribution < 1.29 is 5.03 Å². The van der Waals surface area contributed by atoms with E-state index in [0.717, 1.165) is 4.79 Å². The highest BCUT2D eigenvalue weighted by Gasteiger charge is 1.84. The van der Waals surface area contributed by atoms with Crippen LogP contribution in [-0.4, -0.2) is 20.1 Å². The summed E-state index contributed by atoms with van der Waals surface area (Å²) < 4.78 is 0. The molecular weight excluding hydrogens is 126 g/mol. The summed E-state index contributed by atoms with van der Waals surface area (Å²) in [6.45, 7) is 0. The van der Waals surface area contributed by atoms with E-state index in [4.69, 9.17) is 0 Å². The number of nitro groups is 1. The van der Waals surface area contributed by atoms with Gasteiger partial charge in [0.25, 0.3) is 0 Å². The maximum atomic E-state index is 9.62. The number of hydrogen-bond acceptors (Lipinski definition) is 4. The highest BCUT2D eigenvalue weighted by atomic mass is 16.7. The van der Waals surface area contributed by atoms with Crippen LogP contribution < -0.4 is 0 Å². The van der Waals surface area contributed by atoms with Gasteiger partial charge in [0, 0.05) is 0 Å². The van der Waals surface area contributed by atoms with Crippen LogP contribution in [0.2, 0.25) is 0 Å². The van der Waals surface area contributed by atoms with Crippen LogP contribution in [0.25, 0.3) is 5.53 Å². The molecular formula is C2H2N5O2-. The molecule has 0 N–H and O–H groups in total. The minimum atomic E-state index is -0.852. The van der Waals surface area contributed by atoms with Gasteiger partial charge in [0.1, 0.15) is 6.20 Å². The molecule has 0 aliphatic carbocycles. The fourth-order valence-corrected chi connectivity index (χ4v) is 0.325. The van der Waals surface area contributed by atoms with Gasteiger partial charge in [-0.25, -0.2) is 5.10 Å². The second-order valence-corrected chi connectivity index (χ2v) is 1.15. The van der Waals surface area contributed by atoms with E-state index in [1.807, 2.05) is 0 Å². The fourth-order valence-electron chi connectivity index (χ4n) is 0.325. The molecule has 0 aliphatic heterocycles. The zero-order chi connectivity index (χ0) is 6.69. The van der Waals surface area contributed by atoms with Crippen molar-refractivity contribution >= 4 is 0 Å². The lowest BCUT2D eigenvalue weighted by atomic mass is 11.0. The number of nitrogens with zero attached hydrogens (tertiary/aromatic N) is 5. The van der Waals surface area contributed by atoms with Crippen LogP contribution in [0.5, 0.6) is 0 Å². The van der Waals surface area contributed by atoms with Crippen LogP contribution in [0.1, 0.15) is 0 Å². The highest BCUT2D eigenvalue weighted by Crippen LogP contribution is 1.87. The molecule has 0 fully saturated rings. The van der Waals surface area contributed by atoms with Crippen molar-refractivity contribution in [2.45, 2.75) is 0 Å². The SMILES string of the molecule is O=[N+]([O-])[N-]n1ccnn1. The molecule has 0 saturated carbocycles. The second kappa shape index (κ2) is 2.07. The van der Waals surface area contributed by atoms with Crippen molar-refractivity contribution in [2.24, 2.45) is 0 Å². The lowest BCUT2D eigenvalue weighted by molar-refractivity contribution is -0.434. The molecule has 1 rings (SSSR count). The Morgan fingerprint density at radius 2 is 2.56 bits per heavy atom. The van der Waals surface area contributed by atoms with Crippen molar-refractivity contribution in [3.05, 3.63) is 28.0 Å². The zero-order valence-electron chi connectivity index (χ0n) is 4.21. The Labute approximate surface area is 49.4 Å². The minimum absolute atomic E-state index is 0.764. The van der Waals surface area contributed by atoms with Crippen LogP contribution in [0, 0.1) is 10.1 Å². The quantitative estimate of drug-likeness (QED) is 0.400. The van der Waals surface area contributed by atoms with Crippen molar-refractivity contribution in [2.75, 3.05) is 0 Å². The summed E-state index contributed by atoms with van der Waals surface area (Å²) in [6, 6.07) is 0. The zero-order valence-corrected chi connectivity index (χ0v) is 4.21. The Bertz CT molecular complexity index is 193. The number of hydrogen-bond donors (Lipinski definition) is 0. The van der Waals surface area contributed by atoms with Gasteiger partial charge < -0.3 is 10.1 Å². The Morgan fingerprint density at radius 1 is 1.78 bits per heavy atom. The van der Waals surface area contributed by atoms with Gasteiger partial charge in [0.2, 0.25) is 0 Å². The molecule has 0 bridgehead atoms. The third-order valence-corrected chi connectivity index (χ3v) is 0.575. The predicted octanol–water partition coefficient (Wildman–Crippen LogP) is -0.393. The molecule has 0 radical (unpaired) electrons. The van der Waals surface area contributed by atoms with Crippen LogP contribution in [0.3, 0.4) is 0 Å². The average molecular weight is 128 g/mol. The number of rotatable bonds is 2. The smallest absolute Gasteiger partial charge is 0.121 e. The fraction of sp³-hybridized carbons (Fsp3) is 0. The van der Waals surface area contributed by atoms with Crippen LogP contribution >= 0.6 is 0 Å². The van der Waals surface area contributed by atoms with Crippen LogP contribution in [-0.2, 0) is 0 Å². The first-order chi connectivity index (χ1) is 4.29. The van der Waals surface area contributed by atoms with E-state index >= 15 is 0 Å². The summed E-state index contributed by atoms with van der Waals surface area (Å²) in [6.07, 6.45) is 2.57. The summed E-state index contributed by atoms with van der Waals surface area (Å²) >= 11 is 0. The normalized spacial score (nSPS) is 8.89. The molecule has 1 heterocycles. The molecule has 7 heteroatoms. The third-order valence-electron chi connectivity index (χ3n) is 0.575. The van der Waals surface area contributed by atoms with Crippen molar-refractivity contribution in [3.8, 4) is 0 Å². The first-order valence-corrected chi connectivity index (χ1v) is 2.01. The van der Waals surface area contributed by atoms with Crippen molar-refractivity contribution in [1.29, 1.82) is 0 Å². The van der Waals surface area contributed by atoms with Crippen LogP contribution in [0.15, 0.2) is 12.4 Å². The molecule has 1 aromatic heterocycles. The van der Waals surface area contributed by atoms with Crippen LogP contribution in [0.4, 0.5) is 0 Å². The maximum Gasteiger partial charge on any atom is 0.121 e. The minimum Gasteiger partial charge on any atom is -0.355 e. The number of aromatic nitrogens is 3. The highest BCUT2D eigenvalue weighted by molar-refractivity contribution is 4.68. The largest absolute Gasteiger partial charge is 0.355 e. The summed E-state index contributed by atoms with van der Waals surface area (Å²) in [5, 5.41) is 15.3. The maximum absolute atomic E-state index is 9.62. The van der Waals surface area contributed by atoms with Crippen molar-refractivity contribution in [1.82, 2.24) is 15.1 Å². The van der Waals surface area contributed by atoms with Gasteiger partial charge in [-0.1, -0.05) is 5.53 Å². The second-order valence-electron chi connectivity index (χ2n) is 1.15. The van der Waals surface area contributed by atoms with Gasteiger partial charge >= 0.3 is 0 Å². The van der Waals surface area contributed by atoms with E-state index in [9.17, 15) is 10.1 Å². The van der Waals surface area contributed by atoms with E-state index in [1.54, 1.807) is 0 Å². The van der Waals surface area contributed by atoms with E-state index < -0.39 is 5.03 Å². The molecule has 7 nitrogen and oxygen atoms in total. The summed E-state index contributed by atoms with van der Waals surface area (Å²) in [5.41, 5.74) is 2.78. The van der Waals surface area contributed by atoms with Gasteiger partial charge in [0.05, 0.1) is 6.20 Å². The monoisotopic (exact) mass is 128 g/mol. The molecule has 0 aromatic carbocycles. The standard InChI is InChI=1S/C2H2N5O2/c8-7(9)5-6-2-1-3-4-6/h1-2H/q-1. The van der Waals surface area contributed by atoms with E-state index in [0.29, 0.717) is 0 Å². The Morgan fingerprint density at radius 3 is 3.00 bits per heavy atom. The van der Waals surface area contributed by atoms with Gasteiger partial charge in [-0.2, -0.15) is 10.0 Å². The van der Waals surface area contributed by atoms with Gasteiger partial charge in [-0.3, -0.25) is 0 Å². The van der Waals surface area contributed by atoms with E-state index in [-0.39, 0.29) is 0 Å². The molecule has 0 unspecified atom stereocenters. The van der Waals surface area contributed by atoms with Gasteiger partial charge in [0.15, 0.2) is 0 Å². The molecule has 0 saturated heterocycles.